The first-order valence-corrected chi connectivity index (χ1v) is 12.7. The normalized spacial score (nSPS) is 16.5. The van der Waals surface area contributed by atoms with Gasteiger partial charge in [-0.05, 0) is 91.9 Å². The van der Waals surface area contributed by atoms with Gasteiger partial charge in [0.05, 0.1) is 17.1 Å². The number of hydrogen-bond acceptors (Lipinski definition) is 4. The lowest BCUT2D eigenvalue weighted by Crippen LogP contribution is -2.27. The third kappa shape index (κ3) is 7.30. The Morgan fingerprint density at radius 2 is 1.87 bits per heavy atom. The lowest BCUT2D eigenvalue weighted by Gasteiger charge is -2.26. The molecule has 0 fully saturated rings. The molecule has 1 aromatic heterocycles. The number of aliphatic hydroxyl groups excluding tert-OH is 1. The number of carboxylic acids is 1. The van der Waals surface area contributed by atoms with Crippen molar-refractivity contribution in [2.24, 2.45) is 5.92 Å². The summed E-state index contributed by atoms with van der Waals surface area (Å²) in [6.45, 7) is 0.275. The topological polar surface area (TPSA) is 73.7 Å². The van der Waals surface area contributed by atoms with Crippen LogP contribution in [0.1, 0.15) is 43.0 Å². The Hall–Kier alpha value is -3.56. The Morgan fingerprint density at radius 3 is 2.51 bits per heavy atom. The molecule has 1 unspecified atom stereocenters. The molecule has 2 aromatic carbocycles. The fraction of sp³-hybridized carbons (Fsp3) is 0.333. The molecule has 0 amide bonds. The summed E-state index contributed by atoms with van der Waals surface area (Å²) in [5.74, 6) is -2.69. The van der Waals surface area contributed by atoms with Crippen LogP contribution < -0.4 is 0 Å². The monoisotopic (exact) mass is 542 g/mol. The number of aliphatic carboxylic acids is 1. The van der Waals surface area contributed by atoms with Crippen molar-refractivity contribution in [2.45, 2.75) is 44.5 Å². The minimum atomic E-state index is -4.27. The molecule has 9 heteroatoms. The Balaban J connectivity index is 1.56. The van der Waals surface area contributed by atoms with Gasteiger partial charge in [-0.1, -0.05) is 24.3 Å². The fourth-order valence-electron chi connectivity index (χ4n) is 4.69. The number of aryl methyl sites for hydroxylation is 1. The van der Waals surface area contributed by atoms with E-state index in [2.05, 4.69) is 0 Å². The van der Waals surface area contributed by atoms with E-state index in [-0.39, 0.29) is 25.2 Å². The highest BCUT2D eigenvalue weighted by molar-refractivity contribution is 5.84. The highest BCUT2D eigenvalue weighted by Crippen LogP contribution is 2.34. The zero-order valence-electron chi connectivity index (χ0n) is 21.5. The van der Waals surface area contributed by atoms with Crippen LogP contribution in [0.25, 0.3) is 22.2 Å². The molecule has 3 aromatic rings. The summed E-state index contributed by atoms with van der Waals surface area (Å²) < 4.78 is 52.3. The molecule has 1 aliphatic carbocycles. The number of carbonyl (C=O) groups is 1. The molecular weight excluding hydrogens is 512 g/mol. The van der Waals surface area contributed by atoms with Gasteiger partial charge in [-0.2, -0.15) is 13.2 Å². The molecular formula is C30H30F4N2O3. The molecule has 206 valence electrons. The maximum atomic E-state index is 13.5. The van der Waals surface area contributed by atoms with Crippen molar-refractivity contribution in [3.05, 3.63) is 89.3 Å². The molecule has 4 rings (SSSR count). The number of likely N-dealkylation sites (N-methyl/N-ethyl adjacent to an activating group) is 1. The Kier molecular flexibility index (Phi) is 8.82. The summed E-state index contributed by atoms with van der Waals surface area (Å²) in [6, 6.07) is 13.4. The number of nitrogens with zero attached hydrogens (tertiary/aromatic N) is 2. The van der Waals surface area contributed by atoms with Crippen molar-refractivity contribution in [3.63, 3.8) is 0 Å². The molecule has 5 nitrogen and oxygen atoms in total. The summed E-state index contributed by atoms with van der Waals surface area (Å²) in [4.78, 5) is 17.4. The van der Waals surface area contributed by atoms with Crippen LogP contribution in [0.3, 0.4) is 0 Å². The molecule has 1 heterocycles. The molecule has 2 atom stereocenters. The van der Waals surface area contributed by atoms with Crippen molar-refractivity contribution in [2.75, 3.05) is 13.6 Å². The number of aliphatic hydroxyl groups is 1. The van der Waals surface area contributed by atoms with Crippen molar-refractivity contribution in [1.82, 2.24) is 9.88 Å². The zero-order valence-corrected chi connectivity index (χ0v) is 21.5. The number of aromatic nitrogens is 1. The predicted molar refractivity (Wildman–Crippen MR) is 141 cm³/mol. The van der Waals surface area contributed by atoms with Gasteiger partial charge in [-0.15, -0.1) is 0 Å². The second-order valence-corrected chi connectivity index (χ2v) is 9.87. The third-order valence-electron chi connectivity index (χ3n) is 6.87. The number of hydrogen-bond donors (Lipinski definition) is 2. The summed E-state index contributed by atoms with van der Waals surface area (Å²) in [5.41, 5.74) is 4.31. The number of halogens is 4. The zero-order chi connectivity index (χ0) is 28.2. The smallest absolute Gasteiger partial charge is 0.395 e. The predicted octanol–water partition coefficient (Wildman–Crippen LogP) is 6.83. The van der Waals surface area contributed by atoms with Crippen LogP contribution in [0.5, 0.6) is 0 Å². The largest absolute Gasteiger partial charge is 0.481 e. The van der Waals surface area contributed by atoms with Crippen LogP contribution in [0, 0.1) is 11.7 Å². The first-order chi connectivity index (χ1) is 18.5. The Morgan fingerprint density at radius 1 is 1.13 bits per heavy atom. The van der Waals surface area contributed by atoms with E-state index in [9.17, 15) is 27.5 Å². The number of pyridine rings is 1. The lowest BCUT2D eigenvalue weighted by atomic mass is 9.96. The first kappa shape index (κ1) is 28.4. The van der Waals surface area contributed by atoms with Crippen LogP contribution in [-0.2, 0) is 11.2 Å². The lowest BCUT2D eigenvalue weighted by molar-refractivity contribution is -0.160. The Bertz CT molecular complexity index is 1380. The summed E-state index contributed by atoms with van der Waals surface area (Å²) >= 11 is 0. The van der Waals surface area contributed by atoms with Gasteiger partial charge in [-0.3, -0.25) is 9.69 Å². The van der Waals surface area contributed by atoms with Gasteiger partial charge in [0.1, 0.15) is 12.0 Å². The van der Waals surface area contributed by atoms with Crippen LogP contribution in [0.4, 0.5) is 17.6 Å². The van der Waals surface area contributed by atoms with E-state index >= 15 is 0 Å². The van der Waals surface area contributed by atoms with Gasteiger partial charge >= 0.3 is 12.1 Å². The summed E-state index contributed by atoms with van der Waals surface area (Å²) in [5, 5.41) is 20.7. The average Bonchev–Trinajstić information content (AvgIpc) is 2.90. The van der Waals surface area contributed by atoms with Crippen LogP contribution in [-0.4, -0.2) is 45.8 Å². The highest BCUT2D eigenvalue weighted by Gasteiger charge is 2.37. The van der Waals surface area contributed by atoms with E-state index in [1.165, 1.54) is 18.2 Å². The molecule has 0 spiro atoms. The van der Waals surface area contributed by atoms with Crippen LogP contribution in [0.15, 0.2) is 72.3 Å². The van der Waals surface area contributed by atoms with E-state index in [0.717, 1.165) is 22.6 Å². The minimum absolute atomic E-state index is 0.0675. The van der Waals surface area contributed by atoms with Gasteiger partial charge in [0, 0.05) is 23.9 Å². The molecule has 39 heavy (non-hydrogen) atoms. The van der Waals surface area contributed by atoms with Gasteiger partial charge in [0.25, 0.3) is 0 Å². The van der Waals surface area contributed by atoms with E-state index in [1.807, 2.05) is 12.1 Å². The maximum Gasteiger partial charge on any atom is 0.395 e. The van der Waals surface area contributed by atoms with Crippen molar-refractivity contribution in [1.29, 1.82) is 0 Å². The minimum Gasteiger partial charge on any atom is -0.481 e. The molecule has 0 radical (unpaired) electrons. The van der Waals surface area contributed by atoms with Crippen molar-refractivity contribution >= 4 is 16.9 Å². The highest BCUT2D eigenvalue weighted by atomic mass is 19.4. The average molecular weight is 543 g/mol. The van der Waals surface area contributed by atoms with E-state index < -0.39 is 24.3 Å². The molecule has 0 saturated carbocycles. The van der Waals surface area contributed by atoms with Gasteiger partial charge < -0.3 is 10.2 Å². The molecule has 1 aliphatic rings. The van der Waals surface area contributed by atoms with Crippen molar-refractivity contribution in [3.8, 4) is 11.3 Å². The number of carboxylic acid groups (broad SMARTS) is 1. The molecule has 0 bridgehead atoms. The van der Waals surface area contributed by atoms with Gasteiger partial charge in [0.15, 0.2) is 0 Å². The molecule has 0 saturated heterocycles. The van der Waals surface area contributed by atoms with Crippen LogP contribution in [0.2, 0.25) is 0 Å². The standard InChI is InChI=1S/C30H30F4N2O3/c1-36(18-19-6-11-24(12-7-19)30(32,33)34)29(39)22-10-15-26-23(17-22)16-21(4-2-3-5-27(37)38)28(35-26)20-8-13-25(31)14-9-20/h6-11,13-17,24,29,39H,2-5,12,18H2,1H3,(H,37,38)/t24-,29?/m1/s1. The summed E-state index contributed by atoms with van der Waals surface area (Å²) in [6.07, 6.45) is 0.578. The number of unbranched alkanes of at least 4 members (excludes halogenated alkanes) is 1. The van der Waals surface area contributed by atoms with Gasteiger partial charge in [-0.25, -0.2) is 9.37 Å². The molecule has 2 N–H and O–H groups in total. The van der Waals surface area contributed by atoms with Crippen molar-refractivity contribution < 1.29 is 32.6 Å². The maximum absolute atomic E-state index is 13.5. The quantitative estimate of drug-likeness (QED) is 0.167. The fourth-order valence-corrected chi connectivity index (χ4v) is 4.69. The van der Waals surface area contributed by atoms with Gasteiger partial charge in [0.2, 0.25) is 0 Å². The van der Waals surface area contributed by atoms with Crippen LogP contribution >= 0.6 is 0 Å². The summed E-state index contributed by atoms with van der Waals surface area (Å²) in [7, 11) is 1.70. The number of allylic oxidation sites excluding steroid dienone is 2. The van der Waals surface area contributed by atoms with E-state index in [4.69, 9.17) is 10.1 Å². The first-order valence-electron chi connectivity index (χ1n) is 12.7. The van der Waals surface area contributed by atoms with E-state index in [1.54, 1.807) is 42.3 Å². The third-order valence-corrected chi connectivity index (χ3v) is 6.87. The number of alkyl halides is 3. The number of rotatable bonds is 10. The molecule has 0 aliphatic heterocycles. The second kappa shape index (κ2) is 12.1. The SMILES string of the molecule is CN(CC1=CC[C@H](C(F)(F)F)C=C1)C(O)c1ccc2nc(-c3ccc(F)cc3)c(CCCCC(=O)O)cc2c1. The number of fused-ring (bicyclic) bond motifs is 1. The van der Waals surface area contributed by atoms with E-state index in [0.29, 0.717) is 41.6 Å². The Labute approximate surface area is 224 Å². The second-order valence-electron chi connectivity index (χ2n) is 9.87. The number of benzene rings is 2.